The van der Waals surface area contributed by atoms with Gasteiger partial charge in [0, 0.05) is 39.4 Å². The van der Waals surface area contributed by atoms with Gasteiger partial charge in [-0.25, -0.2) is 0 Å². The van der Waals surface area contributed by atoms with E-state index >= 15 is 0 Å². The second kappa shape index (κ2) is 7.58. The lowest BCUT2D eigenvalue weighted by atomic mass is 9.80. The molecular weight excluding hydrogens is 242 g/mol. The van der Waals surface area contributed by atoms with Gasteiger partial charge in [0.1, 0.15) is 0 Å². The summed E-state index contributed by atoms with van der Waals surface area (Å²) in [5.41, 5.74) is 0.0160. The number of hydrogen-bond donors (Lipinski definition) is 1. The summed E-state index contributed by atoms with van der Waals surface area (Å²) in [4.78, 5) is 0. The molecule has 2 aliphatic rings. The smallest absolute Gasteiger partial charge is 0.0939 e. The number of hydrogen-bond acceptors (Lipinski definition) is 4. The Morgan fingerprint density at radius 3 is 3.00 bits per heavy atom. The fraction of sp³-hybridized carbons (Fsp3) is 1.00. The van der Waals surface area contributed by atoms with Gasteiger partial charge in [0.15, 0.2) is 0 Å². The minimum atomic E-state index is 0.0160. The van der Waals surface area contributed by atoms with E-state index in [-0.39, 0.29) is 5.60 Å². The van der Waals surface area contributed by atoms with Crippen molar-refractivity contribution in [2.75, 3.05) is 40.1 Å². The third kappa shape index (κ3) is 4.15. The first kappa shape index (κ1) is 15.2. The van der Waals surface area contributed by atoms with Crippen LogP contribution < -0.4 is 5.32 Å². The summed E-state index contributed by atoms with van der Waals surface area (Å²) < 4.78 is 16.9. The highest BCUT2D eigenvalue weighted by molar-refractivity contribution is 4.93. The fourth-order valence-electron chi connectivity index (χ4n) is 3.35. The molecular formula is C15H29NO3. The molecule has 2 fully saturated rings. The molecule has 2 saturated heterocycles. The topological polar surface area (TPSA) is 39.7 Å². The molecule has 112 valence electrons. The Labute approximate surface area is 117 Å². The van der Waals surface area contributed by atoms with Crippen molar-refractivity contribution in [1.29, 1.82) is 0 Å². The summed E-state index contributed by atoms with van der Waals surface area (Å²) in [6.07, 6.45) is 5.64. The molecule has 0 bridgehead atoms. The maximum atomic E-state index is 6.03. The Kier molecular flexibility index (Phi) is 6.07. The van der Waals surface area contributed by atoms with E-state index in [0.29, 0.717) is 12.0 Å². The van der Waals surface area contributed by atoms with Crippen molar-refractivity contribution < 1.29 is 14.2 Å². The molecule has 19 heavy (non-hydrogen) atoms. The van der Waals surface area contributed by atoms with Crippen molar-refractivity contribution in [2.24, 2.45) is 5.92 Å². The molecule has 4 heteroatoms. The Morgan fingerprint density at radius 1 is 1.42 bits per heavy atom. The normalized spacial score (nSPS) is 32.8. The molecule has 0 saturated carbocycles. The molecule has 3 atom stereocenters. The first-order valence-electron chi connectivity index (χ1n) is 7.74. The van der Waals surface area contributed by atoms with Crippen molar-refractivity contribution in [3.8, 4) is 0 Å². The molecule has 0 aromatic carbocycles. The first-order chi connectivity index (χ1) is 9.29. The minimum Gasteiger partial charge on any atom is -0.385 e. The average Bonchev–Trinajstić information content (AvgIpc) is 2.87. The maximum absolute atomic E-state index is 6.03. The van der Waals surface area contributed by atoms with Gasteiger partial charge in [0.2, 0.25) is 0 Å². The molecule has 4 nitrogen and oxygen atoms in total. The minimum absolute atomic E-state index is 0.0160. The van der Waals surface area contributed by atoms with Crippen LogP contribution in [0.1, 0.15) is 39.0 Å². The van der Waals surface area contributed by atoms with Crippen LogP contribution in [0.4, 0.5) is 0 Å². The highest BCUT2D eigenvalue weighted by atomic mass is 16.6. The van der Waals surface area contributed by atoms with Crippen LogP contribution in [0.25, 0.3) is 0 Å². The summed E-state index contributed by atoms with van der Waals surface area (Å²) in [6, 6.07) is 0.557. The maximum Gasteiger partial charge on any atom is 0.0939 e. The van der Waals surface area contributed by atoms with E-state index in [1.54, 1.807) is 7.11 Å². The zero-order valence-corrected chi connectivity index (χ0v) is 12.5. The fourth-order valence-corrected chi connectivity index (χ4v) is 3.35. The SMILES string of the molecule is CCCNC(CCOC)C1CCOC2(CCOC2)C1. The van der Waals surface area contributed by atoms with Gasteiger partial charge in [0.05, 0.1) is 12.2 Å². The lowest BCUT2D eigenvalue weighted by Gasteiger charge is -2.40. The van der Waals surface area contributed by atoms with Crippen LogP contribution >= 0.6 is 0 Å². The predicted molar refractivity (Wildman–Crippen MR) is 75.4 cm³/mol. The van der Waals surface area contributed by atoms with Crippen molar-refractivity contribution in [1.82, 2.24) is 5.32 Å². The van der Waals surface area contributed by atoms with Crippen molar-refractivity contribution in [3.05, 3.63) is 0 Å². The Morgan fingerprint density at radius 2 is 2.32 bits per heavy atom. The predicted octanol–water partition coefficient (Wildman–Crippen LogP) is 1.98. The van der Waals surface area contributed by atoms with Crippen LogP contribution in [0.3, 0.4) is 0 Å². The van der Waals surface area contributed by atoms with E-state index in [1.807, 2.05) is 0 Å². The summed E-state index contributed by atoms with van der Waals surface area (Å²) in [7, 11) is 1.78. The van der Waals surface area contributed by atoms with E-state index in [4.69, 9.17) is 14.2 Å². The van der Waals surface area contributed by atoms with Gasteiger partial charge in [0.25, 0.3) is 0 Å². The molecule has 1 spiro atoms. The lowest BCUT2D eigenvalue weighted by molar-refractivity contribution is -0.104. The highest BCUT2D eigenvalue weighted by Gasteiger charge is 2.42. The van der Waals surface area contributed by atoms with Crippen molar-refractivity contribution >= 4 is 0 Å². The molecule has 0 aromatic rings. The molecule has 0 amide bonds. The molecule has 3 unspecified atom stereocenters. The van der Waals surface area contributed by atoms with Gasteiger partial charge in [-0.05, 0) is 38.1 Å². The third-order valence-corrected chi connectivity index (χ3v) is 4.46. The monoisotopic (exact) mass is 271 g/mol. The lowest BCUT2D eigenvalue weighted by Crippen LogP contribution is -2.47. The summed E-state index contributed by atoms with van der Waals surface area (Å²) >= 11 is 0. The van der Waals surface area contributed by atoms with Gasteiger partial charge in [-0.2, -0.15) is 0 Å². The van der Waals surface area contributed by atoms with E-state index < -0.39 is 0 Å². The van der Waals surface area contributed by atoms with Crippen LogP contribution in [-0.4, -0.2) is 51.7 Å². The van der Waals surface area contributed by atoms with Gasteiger partial charge < -0.3 is 19.5 Å². The number of rotatable bonds is 7. The van der Waals surface area contributed by atoms with Crippen LogP contribution in [0.2, 0.25) is 0 Å². The zero-order chi connectivity index (χ0) is 13.6. The Hall–Kier alpha value is -0.160. The molecule has 0 aliphatic carbocycles. The third-order valence-electron chi connectivity index (χ3n) is 4.46. The molecule has 0 aromatic heterocycles. The van der Waals surface area contributed by atoms with Crippen molar-refractivity contribution in [3.63, 3.8) is 0 Å². The van der Waals surface area contributed by atoms with E-state index in [9.17, 15) is 0 Å². The average molecular weight is 271 g/mol. The number of nitrogens with one attached hydrogen (secondary N) is 1. The van der Waals surface area contributed by atoms with E-state index in [2.05, 4.69) is 12.2 Å². The van der Waals surface area contributed by atoms with Crippen LogP contribution in [0, 0.1) is 5.92 Å². The molecule has 2 heterocycles. The van der Waals surface area contributed by atoms with Gasteiger partial charge in [-0.3, -0.25) is 0 Å². The van der Waals surface area contributed by atoms with Gasteiger partial charge in [-0.15, -0.1) is 0 Å². The second-order valence-corrected chi connectivity index (χ2v) is 5.93. The quantitative estimate of drug-likeness (QED) is 0.768. The van der Waals surface area contributed by atoms with Crippen LogP contribution in [0.5, 0.6) is 0 Å². The summed E-state index contributed by atoms with van der Waals surface area (Å²) in [5.74, 6) is 0.692. The van der Waals surface area contributed by atoms with Gasteiger partial charge >= 0.3 is 0 Å². The second-order valence-electron chi connectivity index (χ2n) is 5.93. The first-order valence-corrected chi connectivity index (χ1v) is 7.74. The molecule has 1 N–H and O–H groups in total. The number of methoxy groups -OCH3 is 1. The largest absolute Gasteiger partial charge is 0.385 e. The Bertz CT molecular complexity index is 246. The summed E-state index contributed by atoms with van der Waals surface area (Å²) in [6.45, 7) is 6.67. The van der Waals surface area contributed by atoms with Crippen LogP contribution in [0.15, 0.2) is 0 Å². The Balaban J connectivity index is 1.90. The zero-order valence-electron chi connectivity index (χ0n) is 12.5. The number of ether oxygens (including phenoxy) is 3. The highest BCUT2D eigenvalue weighted by Crippen LogP contribution is 2.37. The van der Waals surface area contributed by atoms with E-state index in [0.717, 1.165) is 58.7 Å². The van der Waals surface area contributed by atoms with Crippen LogP contribution in [-0.2, 0) is 14.2 Å². The summed E-state index contributed by atoms with van der Waals surface area (Å²) in [5, 5.41) is 3.70. The van der Waals surface area contributed by atoms with E-state index in [1.165, 1.54) is 6.42 Å². The molecule has 0 radical (unpaired) electrons. The van der Waals surface area contributed by atoms with Crippen molar-refractivity contribution in [2.45, 2.75) is 50.7 Å². The molecule has 2 aliphatic heterocycles. The standard InChI is InChI=1S/C15H29NO3/c1-3-7-16-14(5-8-17-2)13-4-9-19-15(11-13)6-10-18-12-15/h13-14,16H,3-12H2,1-2H3. The molecule has 2 rings (SSSR count). The van der Waals surface area contributed by atoms with Gasteiger partial charge in [-0.1, -0.05) is 6.92 Å².